The van der Waals surface area contributed by atoms with Gasteiger partial charge < -0.3 is 14.8 Å². The first kappa shape index (κ1) is 21.4. The molecule has 1 fully saturated rings. The van der Waals surface area contributed by atoms with Crippen LogP contribution in [0.2, 0.25) is 0 Å². The minimum atomic E-state index is -0.518. The molecule has 0 radical (unpaired) electrons. The second-order valence-electron chi connectivity index (χ2n) is 6.44. The Balaban J connectivity index is 1.78. The van der Waals surface area contributed by atoms with Gasteiger partial charge in [-0.15, -0.1) is 0 Å². The van der Waals surface area contributed by atoms with Gasteiger partial charge in [-0.2, -0.15) is 0 Å². The highest BCUT2D eigenvalue weighted by Gasteiger charge is 2.36. The van der Waals surface area contributed by atoms with Gasteiger partial charge in [0.25, 0.3) is 11.1 Å². The zero-order chi connectivity index (χ0) is 21.7. The minimum Gasteiger partial charge on any atom is -0.493 e. The Morgan fingerprint density at radius 2 is 1.93 bits per heavy atom. The molecule has 2 aromatic carbocycles. The summed E-state index contributed by atoms with van der Waals surface area (Å²) in [6.45, 7) is 3.77. The number of para-hydroxylation sites is 2. The number of imide groups is 1. The number of benzene rings is 2. The van der Waals surface area contributed by atoms with E-state index in [-0.39, 0.29) is 11.4 Å². The molecule has 0 spiro atoms. The van der Waals surface area contributed by atoms with Gasteiger partial charge in [0.2, 0.25) is 5.91 Å². The van der Waals surface area contributed by atoms with Crippen molar-refractivity contribution in [1.29, 1.82) is 0 Å². The molecule has 2 aromatic rings. The topological polar surface area (TPSA) is 84.9 Å². The van der Waals surface area contributed by atoms with Gasteiger partial charge in [0.1, 0.15) is 6.54 Å². The van der Waals surface area contributed by atoms with Gasteiger partial charge >= 0.3 is 0 Å². The molecule has 0 aromatic heterocycles. The van der Waals surface area contributed by atoms with Gasteiger partial charge in [-0.1, -0.05) is 30.3 Å². The van der Waals surface area contributed by atoms with Gasteiger partial charge in [-0.25, -0.2) is 0 Å². The molecule has 7 nitrogen and oxygen atoms in total. The van der Waals surface area contributed by atoms with Crippen molar-refractivity contribution in [1.82, 2.24) is 4.90 Å². The maximum Gasteiger partial charge on any atom is 0.294 e. The lowest BCUT2D eigenvalue weighted by molar-refractivity contribution is -0.127. The SMILES string of the molecule is CCOc1c(/C=C2/SC(=O)N(CC(=O)Nc3ccccc3C)C2=O)cccc1OC. The highest BCUT2D eigenvalue weighted by molar-refractivity contribution is 8.18. The van der Waals surface area contributed by atoms with Crippen molar-refractivity contribution < 1.29 is 23.9 Å². The number of methoxy groups -OCH3 is 1. The third-order valence-corrected chi connectivity index (χ3v) is 5.31. The number of carbonyl (C=O) groups excluding carboxylic acids is 3. The van der Waals surface area contributed by atoms with E-state index in [2.05, 4.69) is 5.32 Å². The summed E-state index contributed by atoms with van der Waals surface area (Å²) in [7, 11) is 1.53. The van der Waals surface area contributed by atoms with Crippen molar-refractivity contribution in [2.45, 2.75) is 13.8 Å². The Hall–Kier alpha value is -3.26. The lowest BCUT2D eigenvalue weighted by Gasteiger charge is -2.14. The number of amides is 3. The lowest BCUT2D eigenvalue weighted by Crippen LogP contribution is -2.36. The van der Waals surface area contributed by atoms with Crippen molar-refractivity contribution in [2.75, 3.05) is 25.6 Å². The Bertz CT molecular complexity index is 1020. The highest BCUT2D eigenvalue weighted by atomic mass is 32.2. The molecule has 0 aliphatic carbocycles. The summed E-state index contributed by atoms with van der Waals surface area (Å²) in [5, 5.41) is 2.24. The molecule has 8 heteroatoms. The summed E-state index contributed by atoms with van der Waals surface area (Å²) in [6.07, 6.45) is 1.58. The molecular formula is C22H22N2O5S. The number of hydrogen-bond donors (Lipinski definition) is 1. The summed E-state index contributed by atoms with van der Waals surface area (Å²) in [5.74, 6) is 0.0634. The zero-order valence-electron chi connectivity index (χ0n) is 16.9. The van der Waals surface area contributed by atoms with Crippen LogP contribution in [0.3, 0.4) is 0 Å². The van der Waals surface area contributed by atoms with Crippen LogP contribution in [-0.2, 0) is 9.59 Å². The Morgan fingerprint density at radius 1 is 1.17 bits per heavy atom. The maximum absolute atomic E-state index is 12.8. The van der Waals surface area contributed by atoms with Crippen molar-refractivity contribution in [2.24, 2.45) is 0 Å². The van der Waals surface area contributed by atoms with E-state index in [9.17, 15) is 14.4 Å². The number of ether oxygens (including phenoxy) is 2. The van der Waals surface area contributed by atoms with Gasteiger partial charge in [-0.3, -0.25) is 19.3 Å². The summed E-state index contributed by atoms with van der Waals surface area (Å²) in [6, 6.07) is 12.6. The largest absolute Gasteiger partial charge is 0.493 e. The molecule has 1 saturated heterocycles. The van der Waals surface area contributed by atoms with E-state index in [0.717, 1.165) is 22.2 Å². The summed E-state index contributed by atoms with van der Waals surface area (Å²) in [5.41, 5.74) is 2.15. The van der Waals surface area contributed by atoms with Crippen LogP contribution in [0.5, 0.6) is 11.5 Å². The second-order valence-corrected chi connectivity index (χ2v) is 7.44. The highest BCUT2D eigenvalue weighted by Crippen LogP contribution is 2.37. The van der Waals surface area contributed by atoms with Gasteiger partial charge in [0, 0.05) is 11.3 Å². The Labute approximate surface area is 179 Å². The molecule has 30 heavy (non-hydrogen) atoms. The van der Waals surface area contributed by atoms with Crippen LogP contribution >= 0.6 is 11.8 Å². The van der Waals surface area contributed by atoms with Crippen LogP contribution in [-0.4, -0.2) is 42.2 Å². The van der Waals surface area contributed by atoms with E-state index >= 15 is 0 Å². The molecule has 3 rings (SSSR count). The number of nitrogens with zero attached hydrogens (tertiary/aromatic N) is 1. The fourth-order valence-electron chi connectivity index (χ4n) is 2.93. The summed E-state index contributed by atoms with van der Waals surface area (Å²) >= 11 is 0.790. The molecule has 0 unspecified atom stereocenters. The molecule has 0 bridgehead atoms. The van der Waals surface area contributed by atoms with E-state index in [1.165, 1.54) is 7.11 Å². The van der Waals surface area contributed by atoms with Crippen LogP contribution in [0.15, 0.2) is 47.4 Å². The third kappa shape index (κ3) is 4.65. The average molecular weight is 426 g/mol. The molecule has 0 saturated carbocycles. The standard InChI is InChI=1S/C22H22N2O5S/c1-4-29-20-15(9-7-11-17(20)28-3)12-18-21(26)24(22(27)30-18)13-19(25)23-16-10-6-5-8-14(16)2/h5-12H,4,13H2,1-3H3,(H,23,25)/b18-12+. The molecule has 1 heterocycles. The summed E-state index contributed by atoms with van der Waals surface area (Å²) < 4.78 is 11.0. The molecule has 3 amide bonds. The number of rotatable bonds is 7. The van der Waals surface area contributed by atoms with Crippen molar-refractivity contribution in [3.63, 3.8) is 0 Å². The smallest absolute Gasteiger partial charge is 0.294 e. The van der Waals surface area contributed by atoms with Crippen LogP contribution < -0.4 is 14.8 Å². The van der Waals surface area contributed by atoms with E-state index in [1.54, 1.807) is 36.4 Å². The van der Waals surface area contributed by atoms with Gasteiger partial charge in [0.15, 0.2) is 11.5 Å². The predicted molar refractivity (Wildman–Crippen MR) is 117 cm³/mol. The predicted octanol–water partition coefficient (Wildman–Crippen LogP) is 4.08. The average Bonchev–Trinajstić information content (AvgIpc) is 2.98. The first-order valence-electron chi connectivity index (χ1n) is 9.35. The molecule has 1 aliphatic heterocycles. The lowest BCUT2D eigenvalue weighted by atomic mass is 10.1. The number of nitrogens with one attached hydrogen (secondary N) is 1. The number of hydrogen-bond acceptors (Lipinski definition) is 6. The van der Waals surface area contributed by atoms with Crippen molar-refractivity contribution in [3.05, 3.63) is 58.5 Å². The van der Waals surface area contributed by atoms with E-state index in [4.69, 9.17) is 9.47 Å². The third-order valence-electron chi connectivity index (χ3n) is 4.40. The molecule has 1 aliphatic rings. The van der Waals surface area contributed by atoms with Gasteiger partial charge in [0.05, 0.1) is 18.6 Å². The minimum absolute atomic E-state index is 0.220. The monoisotopic (exact) mass is 426 g/mol. The quantitative estimate of drug-likeness (QED) is 0.672. The second kappa shape index (κ2) is 9.49. The van der Waals surface area contributed by atoms with Crippen LogP contribution in [0.25, 0.3) is 6.08 Å². The Kier molecular flexibility index (Phi) is 6.79. The zero-order valence-corrected chi connectivity index (χ0v) is 17.7. The molecule has 1 N–H and O–H groups in total. The normalized spacial score (nSPS) is 14.9. The van der Waals surface area contributed by atoms with Crippen LogP contribution in [0.4, 0.5) is 10.5 Å². The summed E-state index contributed by atoms with van der Waals surface area (Å²) in [4.78, 5) is 38.7. The first-order valence-corrected chi connectivity index (χ1v) is 10.2. The van der Waals surface area contributed by atoms with Crippen molar-refractivity contribution in [3.8, 4) is 11.5 Å². The number of thioether (sulfide) groups is 1. The van der Waals surface area contributed by atoms with E-state index < -0.39 is 17.1 Å². The molecule has 0 atom stereocenters. The number of carbonyl (C=O) groups is 3. The maximum atomic E-state index is 12.8. The Morgan fingerprint density at radius 3 is 2.63 bits per heavy atom. The molecular weight excluding hydrogens is 404 g/mol. The van der Waals surface area contributed by atoms with Crippen LogP contribution in [0.1, 0.15) is 18.1 Å². The number of anilines is 1. The molecule has 156 valence electrons. The van der Waals surface area contributed by atoms with Crippen molar-refractivity contribution >= 4 is 40.6 Å². The first-order chi connectivity index (χ1) is 14.4. The fourth-order valence-corrected chi connectivity index (χ4v) is 3.76. The van der Waals surface area contributed by atoms with E-state index in [1.807, 2.05) is 26.0 Å². The fraction of sp³-hybridized carbons (Fsp3) is 0.227. The number of aryl methyl sites for hydroxylation is 1. The van der Waals surface area contributed by atoms with E-state index in [0.29, 0.717) is 29.4 Å². The van der Waals surface area contributed by atoms with Crippen LogP contribution in [0, 0.1) is 6.92 Å². The van der Waals surface area contributed by atoms with Gasteiger partial charge in [-0.05, 0) is 49.4 Å².